The molecule has 0 amide bonds. The van der Waals surface area contributed by atoms with E-state index in [1.807, 2.05) is 12.2 Å². The Kier molecular flexibility index (Phi) is 4.19. The van der Waals surface area contributed by atoms with Gasteiger partial charge in [0.1, 0.15) is 5.75 Å². The van der Waals surface area contributed by atoms with Gasteiger partial charge in [-0.3, -0.25) is 0 Å². The van der Waals surface area contributed by atoms with E-state index >= 15 is 0 Å². The van der Waals surface area contributed by atoms with Crippen molar-refractivity contribution >= 4 is 10.0 Å². The van der Waals surface area contributed by atoms with E-state index in [2.05, 4.69) is 4.72 Å². The van der Waals surface area contributed by atoms with E-state index in [1.54, 1.807) is 36.4 Å². The summed E-state index contributed by atoms with van der Waals surface area (Å²) >= 11 is 0. The van der Waals surface area contributed by atoms with Gasteiger partial charge in [0, 0.05) is 0 Å². The maximum atomic E-state index is 12.2. The summed E-state index contributed by atoms with van der Waals surface area (Å²) in [6, 6.07) is 5.93. The minimum Gasteiger partial charge on any atom is -0.497 e. The first kappa shape index (κ1) is 13.6. The number of hydrogen-bond acceptors (Lipinski definition) is 3. The van der Waals surface area contributed by atoms with Crippen molar-refractivity contribution < 1.29 is 13.2 Å². The molecular formula is C14H15NO3S. The number of benzene rings is 1. The van der Waals surface area contributed by atoms with E-state index in [0.29, 0.717) is 5.75 Å². The minimum absolute atomic E-state index is 0.215. The standard InChI is InChI=1S/C14H15NO3S/c1-18-13-8-10-14(11-9-13)19(16,17)15-12-6-4-2-3-5-7-12/h2-12,15H,1H3. The van der Waals surface area contributed by atoms with Gasteiger partial charge in [-0.25, -0.2) is 13.1 Å². The number of methoxy groups -OCH3 is 1. The highest BCUT2D eigenvalue weighted by Gasteiger charge is 2.17. The lowest BCUT2D eigenvalue weighted by atomic mass is 10.3. The van der Waals surface area contributed by atoms with Gasteiger partial charge >= 0.3 is 0 Å². The summed E-state index contributed by atoms with van der Waals surface area (Å²) in [6.07, 6.45) is 10.9. The normalized spacial score (nSPS) is 15.4. The van der Waals surface area contributed by atoms with E-state index in [-0.39, 0.29) is 10.9 Å². The lowest BCUT2D eigenvalue weighted by Crippen LogP contribution is -2.31. The zero-order chi connectivity index (χ0) is 13.7. The second-order valence-electron chi connectivity index (χ2n) is 3.98. The van der Waals surface area contributed by atoms with Crippen molar-refractivity contribution in [2.24, 2.45) is 0 Å². The molecule has 5 heteroatoms. The van der Waals surface area contributed by atoms with Crippen molar-refractivity contribution in [3.8, 4) is 5.75 Å². The Labute approximate surface area is 113 Å². The average Bonchev–Trinajstić information content (AvgIpc) is 2.67. The van der Waals surface area contributed by atoms with Crippen LogP contribution in [0, 0.1) is 0 Å². The van der Waals surface area contributed by atoms with E-state index in [0.717, 1.165) is 0 Å². The van der Waals surface area contributed by atoms with E-state index in [1.165, 1.54) is 19.2 Å². The number of hydrogen-bond donors (Lipinski definition) is 1. The summed E-state index contributed by atoms with van der Waals surface area (Å²) in [4.78, 5) is 0.215. The fourth-order valence-corrected chi connectivity index (χ4v) is 2.79. The molecule has 1 aromatic carbocycles. The lowest BCUT2D eigenvalue weighted by molar-refractivity contribution is 0.414. The van der Waals surface area contributed by atoms with Crippen LogP contribution in [0.5, 0.6) is 5.75 Å². The highest BCUT2D eigenvalue weighted by Crippen LogP contribution is 2.16. The average molecular weight is 277 g/mol. The summed E-state index contributed by atoms with van der Waals surface area (Å²) in [7, 11) is -2.00. The first-order valence-corrected chi connectivity index (χ1v) is 7.28. The molecule has 0 radical (unpaired) electrons. The quantitative estimate of drug-likeness (QED) is 0.916. The van der Waals surface area contributed by atoms with Gasteiger partial charge in [0.25, 0.3) is 0 Å². The Morgan fingerprint density at radius 1 is 1.00 bits per heavy atom. The Hall–Kier alpha value is -1.85. The molecule has 0 atom stereocenters. The Morgan fingerprint density at radius 3 is 2.11 bits per heavy atom. The second-order valence-corrected chi connectivity index (χ2v) is 5.69. The van der Waals surface area contributed by atoms with Gasteiger partial charge in [0.15, 0.2) is 0 Å². The van der Waals surface area contributed by atoms with Crippen LogP contribution < -0.4 is 9.46 Å². The maximum absolute atomic E-state index is 12.2. The third-order valence-electron chi connectivity index (χ3n) is 2.63. The van der Waals surface area contributed by atoms with Crippen LogP contribution in [0.4, 0.5) is 0 Å². The third kappa shape index (κ3) is 3.56. The number of sulfonamides is 1. The Morgan fingerprint density at radius 2 is 1.58 bits per heavy atom. The van der Waals surface area contributed by atoms with Gasteiger partial charge < -0.3 is 4.74 Å². The molecule has 0 unspecified atom stereocenters. The molecule has 0 spiro atoms. The minimum atomic E-state index is -3.54. The highest BCUT2D eigenvalue weighted by molar-refractivity contribution is 7.89. The topological polar surface area (TPSA) is 55.4 Å². The first-order valence-electron chi connectivity index (χ1n) is 5.80. The monoisotopic (exact) mass is 277 g/mol. The van der Waals surface area contributed by atoms with E-state index < -0.39 is 10.0 Å². The summed E-state index contributed by atoms with van der Waals surface area (Å²) in [5.74, 6) is 0.623. The first-order chi connectivity index (χ1) is 9.12. The molecule has 0 aliphatic heterocycles. The lowest BCUT2D eigenvalue weighted by Gasteiger charge is -2.11. The van der Waals surface area contributed by atoms with E-state index in [4.69, 9.17) is 4.74 Å². The molecule has 0 saturated heterocycles. The Balaban J connectivity index is 2.17. The molecule has 1 aliphatic carbocycles. The van der Waals surface area contributed by atoms with Crippen molar-refractivity contribution in [2.75, 3.05) is 7.11 Å². The molecule has 0 bridgehead atoms. The van der Waals surface area contributed by atoms with Crippen molar-refractivity contribution in [3.05, 3.63) is 60.7 Å². The summed E-state index contributed by atoms with van der Waals surface area (Å²) in [5, 5.41) is 0. The fraction of sp³-hybridized carbons (Fsp3) is 0.143. The van der Waals surface area contributed by atoms with Gasteiger partial charge in [-0.2, -0.15) is 0 Å². The SMILES string of the molecule is COc1ccc(S(=O)(=O)NC2C=CC=CC=C2)cc1. The molecule has 19 heavy (non-hydrogen) atoms. The predicted octanol–water partition coefficient (Wildman–Crippen LogP) is 2.02. The summed E-state index contributed by atoms with van der Waals surface area (Å²) in [6.45, 7) is 0. The van der Waals surface area contributed by atoms with Crippen LogP contribution in [0.3, 0.4) is 0 Å². The molecule has 1 aromatic rings. The molecule has 2 rings (SSSR count). The van der Waals surface area contributed by atoms with Crippen LogP contribution in [-0.2, 0) is 10.0 Å². The van der Waals surface area contributed by atoms with Gasteiger partial charge in [0.2, 0.25) is 10.0 Å². The summed E-state index contributed by atoms with van der Waals surface area (Å²) in [5.41, 5.74) is 0. The van der Waals surface area contributed by atoms with E-state index in [9.17, 15) is 8.42 Å². The molecular weight excluding hydrogens is 262 g/mol. The van der Waals surface area contributed by atoms with Gasteiger partial charge in [-0.15, -0.1) is 0 Å². The van der Waals surface area contributed by atoms with Crippen LogP contribution in [0.2, 0.25) is 0 Å². The highest BCUT2D eigenvalue weighted by atomic mass is 32.2. The number of allylic oxidation sites excluding steroid dienone is 4. The molecule has 0 heterocycles. The number of ether oxygens (including phenoxy) is 1. The molecule has 4 nitrogen and oxygen atoms in total. The molecule has 0 fully saturated rings. The van der Waals surface area contributed by atoms with Crippen LogP contribution in [0.25, 0.3) is 0 Å². The molecule has 0 aromatic heterocycles. The van der Waals surface area contributed by atoms with Crippen LogP contribution >= 0.6 is 0 Å². The number of nitrogens with one attached hydrogen (secondary N) is 1. The van der Waals surface area contributed by atoms with Crippen molar-refractivity contribution in [2.45, 2.75) is 10.9 Å². The Bertz CT molecular complexity index is 597. The second kappa shape index (κ2) is 5.86. The van der Waals surface area contributed by atoms with Crippen molar-refractivity contribution in [1.29, 1.82) is 0 Å². The van der Waals surface area contributed by atoms with Crippen LogP contribution in [0.1, 0.15) is 0 Å². The zero-order valence-electron chi connectivity index (χ0n) is 10.5. The van der Waals surface area contributed by atoms with Crippen LogP contribution in [0.15, 0.2) is 65.6 Å². The van der Waals surface area contributed by atoms with Gasteiger partial charge in [0.05, 0.1) is 18.0 Å². The molecule has 0 saturated carbocycles. The molecule has 1 aliphatic rings. The van der Waals surface area contributed by atoms with Crippen molar-refractivity contribution in [3.63, 3.8) is 0 Å². The smallest absolute Gasteiger partial charge is 0.241 e. The largest absolute Gasteiger partial charge is 0.497 e. The van der Waals surface area contributed by atoms with Crippen molar-refractivity contribution in [1.82, 2.24) is 4.72 Å². The molecule has 100 valence electrons. The number of rotatable bonds is 4. The fourth-order valence-electron chi connectivity index (χ4n) is 1.64. The van der Waals surface area contributed by atoms with Gasteiger partial charge in [-0.1, -0.05) is 36.5 Å². The van der Waals surface area contributed by atoms with Gasteiger partial charge in [-0.05, 0) is 24.3 Å². The van der Waals surface area contributed by atoms with Crippen LogP contribution in [-0.4, -0.2) is 21.6 Å². The zero-order valence-corrected chi connectivity index (χ0v) is 11.3. The maximum Gasteiger partial charge on any atom is 0.241 e. The third-order valence-corrected chi connectivity index (χ3v) is 4.11. The predicted molar refractivity (Wildman–Crippen MR) is 74.5 cm³/mol. The summed E-state index contributed by atoms with van der Waals surface area (Å²) < 4.78 is 32.0. The molecule has 1 N–H and O–H groups in total.